The molecule has 23 heavy (non-hydrogen) atoms. The van der Waals surface area contributed by atoms with E-state index in [2.05, 4.69) is 0 Å². The van der Waals surface area contributed by atoms with Crippen LogP contribution in [0.5, 0.6) is 23.0 Å². The normalized spacial score (nSPS) is 14.4. The number of benzene rings is 2. The van der Waals surface area contributed by atoms with E-state index in [4.69, 9.17) is 18.9 Å². The lowest BCUT2D eigenvalue weighted by molar-refractivity contribution is 0.101. The standard InChI is InChI=1S/C18H16O5/c1-20-12-6-4-5-11(7-12)8-16-18(19)17-14(22-3)9-13(21-2)10-15(17)23-16/h4-10H,1-3H3/b16-8-. The van der Waals surface area contributed by atoms with Gasteiger partial charge in [-0.2, -0.15) is 0 Å². The first-order chi connectivity index (χ1) is 11.2. The SMILES string of the molecule is COc1cccc(/C=C2\Oc3cc(OC)cc(OC)c3C2=O)c1. The van der Waals surface area contributed by atoms with Gasteiger partial charge in [0.1, 0.15) is 28.6 Å². The van der Waals surface area contributed by atoms with Gasteiger partial charge in [0.2, 0.25) is 5.78 Å². The van der Waals surface area contributed by atoms with Gasteiger partial charge in [-0.05, 0) is 23.8 Å². The Morgan fingerprint density at radius 3 is 2.43 bits per heavy atom. The zero-order valence-electron chi connectivity index (χ0n) is 13.1. The largest absolute Gasteiger partial charge is 0.497 e. The molecule has 0 aliphatic carbocycles. The predicted molar refractivity (Wildman–Crippen MR) is 85.5 cm³/mol. The maximum Gasteiger partial charge on any atom is 0.235 e. The second-order valence-corrected chi connectivity index (χ2v) is 4.92. The highest BCUT2D eigenvalue weighted by Crippen LogP contribution is 2.41. The van der Waals surface area contributed by atoms with E-state index in [0.717, 1.165) is 5.56 Å². The Labute approximate surface area is 134 Å². The summed E-state index contributed by atoms with van der Waals surface area (Å²) in [6.07, 6.45) is 1.68. The molecule has 1 aliphatic heterocycles. The Balaban J connectivity index is 2.01. The average Bonchev–Trinajstić information content (AvgIpc) is 2.90. The number of hydrogen-bond acceptors (Lipinski definition) is 5. The van der Waals surface area contributed by atoms with Crippen molar-refractivity contribution >= 4 is 11.9 Å². The summed E-state index contributed by atoms with van der Waals surface area (Å²) in [6.45, 7) is 0. The molecule has 0 fully saturated rings. The zero-order chi connectivity index (χ0) is 16.4. The van der Waals surface area contributed by atoms with Crippen molar-refractivity contribution in [2.24, 2.45) is 0 Å². The Kier molecular flexibility index (Phi) is 3.93. The van der Waals surface area contributed by atoms with Crippen molar-refractivity contribution in [3.05, 3.63) is 53.3 Å². The first-order valence-electron chi connectivity index (χ1n) is 7.00. The minimum Gasteiger partial charge on any atom is -0.497 e. The summed E-state index contributed by atoms with van der Waals surface area (Å²) in [4.78, 5) is 12.6. The number of carbonyl (C=O) groups is 1. The van der Waals surface area contributed by atoms with Gasteiger partial charge >= 0.3 is 0 Å². The van der Waals surface area contributed by atoms with E-state index >= 15 is 0 Å². The van der Waals surface area contributed by atoms with Crippen LogP contribution >= 0.6 is 0 Å². The Hall–Kier alpha value is -2.95. The van der Waals surface area contributed by atoms with Crippen LogP contribution in [-0.2, 0) is 0 Å². The van der Waals surface area contributed by atoms with Crippen LogP contribution in [0.1, 0.15) is 15.9 Å². The maximum atomic E-state index is 12.6. The van der Waals surface area contributed by atoms with Crippen LogP contribution in [-0.4, -0.2) is 27.1 Å². The molecule has 5 heteroatoms. The quantitative estimate of drug-likeness (QED) is 0.811. The van der Waals surface area contributed by atoms with Crippen LogP contribution in [0.3, 0.4) is 0 Å². The number of allylic oxidation sites excluding steroid dienone is 1. The molecule has 2 aromatic rings. The smallest absolute Gasteiger partial charge is 0.235 e. The fraction of sp³-hybridized carbons (Fsp3) is 0.167. The van der Waals surface area contributed by atoms with E-state index in [1.165, 1.54) is 7.11 Å². The molecular weight excluding hydrogens is 296 g/mol. The van der Waals surface area contributed by atoms with Gasteiger partial charge in [0.25, 0.3) is 0 Å². The fourth-order valence-electron chi connectivity index (χ4n) is 2.41. The molecule has 0 amide bonds. The third kappa shape index (κ3) is 2.73. The molecule has 1 aliphatic rings. The van der Waals surface area contributed by atoms with Crippen LogP contribution in [0.4, 0.5) is 0 Å². The minimum absolute atomic E-state index is 0.220. The topological polar surface area (TPSA) is 54.0 Å². The molecule has 1 heterocycles. The molecule has 2 aromatic carbocycles. The molecule has 118 valence electrons. The molecule has 5 nitrogen and oxygen atoms in total. The Morgan fingerprint density at radius 2 is 1.74 bits per heavy atom. The molecule has 0 aromatic heterocycles. The lowest BCUT2D eigenvalue weighted by Gasteiger charge is -2.07. The van der Waals surface area contributed by atoms with Gasteiger partial charge in [-0.1, -0.05) is 12.1 Å². The third-order valence-electron chi connectivity index (χ3n) is 3.56. The van der Waals surface area contributed by atoms with Gasteiger partial charge in [-0.25, -0.2) is 0 Å². The first-order valence-corrected chi connectivity index (χ1v) is 7.00. The number of fused-ring (bicyclic) bond motifs is 1. The van der Waals surface area contributed by atoms with Crippen molar-refractivity contribution in [2.75, 3.05) is 21.3 Å². The predicted octanol–water partition coefficient (Wildman–Crippen LogP) is 3.33. The highest BCUT2D eigenvalue weighted by atomic mass is 16.5. The van der Waals surface area contributed by atoms with E-state index < -0.39 is 0 Å². The maximum absolute atomic E-state index is 12.6. The van der Waals surface area contributed by atoms with Gasteiger partial charge in [0.05, 0.1) is 21.3 Å². The molecule has 0 spiro atoms. The van der Waals surface area contributed by atoms with Crippen molar-refractivity contribution in [1.82, 2.24) is 0 Å². The summed E-state index contributed by atoms with van der Waals surface area (Å²) in [7, 11) is 4.65. The monoisotopic (exact) mass is 312 g/mol. The second kappa shape index (κ2) is 6.04. The van der Waals surface area contributed by atoms with Gasteiger partial charge in [0, 0.05) is 12.1 Å². The van der Waals surface area contributed by atoms with E-state index in [1.54, 1.807) is 32.4 Å². The van der Waals surface area contributed by atoms with Crippen LogP contribution in [0, 0.1) is 0 Å². The minimum atomic E-state index is -0.220. The van der Waals surface area contributed by atoms with E-state index in [1.807, 2.05) is 24.3 Å². The number of ketones is 1. The summed E-state index contributed by atoms with van der Waals surface area (Å²) < 4.78 is 21.3. The number of rotatable bonds is 4. The highest BCUT2D eigenvalue weighted by molar-refractivity contribution is 6.16. The molecule has 0 radical (unpaired) electrons. The average molecular weight is 312 g/mol. The number of hydrogen-bond donors (Lipinski definition) is 0. The van der Waals surface area contributed by atoms with Gasteiger partial charge in [-0.15, -0.1) is 0 Å². The summed E-state index contributed by atoms with van der Waals surface area (Å²) >= 11 is 0. The van der Waals surface area contributed by atoms with Crippen LogP contribution in [0.25, 0.3) is 6.08 Å². The number of ether oxygens (including phenoxy) is 4. The molecule has 0 atom stereocenters. The van der Waals surface area contributed by atoms with Crippen molar-refractivity contribution in [1.29, 1.82) is 0 Å². The molecule has 0 unspecified atom stereocenters. The summed E-state index contributed by atoms with van der Waals surface area (Å²) in [5.74, 6) is 2.15. The van der Waals surface area contributed by atoms with Gasteiger partial charge in [0.15, 0.2) is 5.76 Å². The summed E-state index contributed by atoms with van der Waals surface area (Å²) in [5, 5.41) is 0. The molecular formula is C18H16O5. The summed E-state index contributed by atoms with van der Waals surface area (Å²) in [5.41, 5.74) is 1.22. The lowest BCUT2D eigenvalue weighted by Crippen LogP contribution is -2.00. The molecule has 0 N–H and O–H groups in total. The fourth-order valence-corrected chi connectivity index (χ4v) is 2.41. The van der Waals surface area contributed by atoms with Crippen molar-refractivity contribution in [3.8, 4) is 23.0 Å². The molecule has 0 saturated carbocycles. The van der Waals surface area contributed by atoms with Crippen LogP contribution < -0.4 is 18.9 Å². The lowest BCUT2D eigenvalue weighted by atomic mass is 10.1. The van der Waals surface area contributed by atoms with E-state index in [9.17, 15) is 4.79 Å². The Morgan fingerprint density at radius 1 is 0.957 bits per heavy atom. The zero-order valence-corrected chi connectivity index (χ0v) is 13.1. The highest BCUT2D eigenvalue weighted by Gasteiger charge is 2.32. The Bertz CT molecular complexity index is 792. The number of methoxy groups -OCH3 is 3. The summed E-state index contributed by atoms with van der Waals surface area (Å²) in [6, 6.07) is 10.7. The van der Waals surface area contributed by atoms with Crippen molar-refractivity contribution < 1.29 is 23.7 Å². The van der Waals surface area contributed by atoms with Crippen molar-refractivity contribution in [3.63, 3.8) is 0 Å². The van der Waals surface area contributed by atoms with Crippen molar-refractivity contribution in [2.45, 2.75) is 0 Å². The third-order valence-corrected chi connectivity index (χ3v) is 3.56. The van der Waals surface area contributed by atoms with Crippen LogP contribution in [0.15, 0.2) is 42.2 Å². The van der Waals surface area contributed by atoms with Crippen LogP contribution in [0.2, 0.25) is 0 Å². The van der Waals surface area contributed by atoms with Gasteiger partial charge in [-0.3, -0.25) is 4.79 Å². The van der Waals surface area contributed by atoms with E-state index in [0.29, 0.717) is 28.6 Å². The number of Topliss-reactive ketones (excluding diaryl/α,β-unsaturated/α-hetero) is 1. The first kappa shape index (κ1) is 15.0. The molecule has 0 bridgehead atoms. The molecule has 3 rings (SSSR count). The molecule has 0 saturated heterocycles. The number of carbonyl (C=O) groups excluding carboxylic acids is 1. The second-order valence-electron chi connectivity index (χ2n) is 4.92. The van der Waals surface area contributed by atoms with E-state index in [-0.39, 0.29) is 11.5 Å². The van der Waals surface area contributed by atoms with Gasteiger partial charge < -0.3 is 18.9 Å².